The summed E-state index contributed by atoms with van der Waals surface area (Å²) in [6.07, 6.45) is 1.35. The van der Waals surface area contributed by atoms with Gasteiger partial charge in [-0.1, -0.05) is 11.3 Å². The third kappa shape index (κ3) is 3.40. The maximum atomic E-state index is 12.8. The van der Waals surface area contributed by atoms with Gasteiger partial charge in [-0.2, -0.15) is 4.68 Å². The molecule has 0 aliphatic heterocycles. The van der Waals surface area contributed by atoms with Gasteiger partial charge in [0.2, 0.25) is 0 Å². The molecular weight excluding hydrogens is 370 g/mol. The first-order valence-electron chi connectivity index (χ1n) is 9.03. The molecule has 0 saturated heterocycles. The number of fused-ring (bicyclic) bond motifs is 1. The normalized spacial score (nSPS) is 11.0. The van der Waals surface area contributed by atoms with Crippen molar-refractivity contribution in [2.45, 2.75) is 20.4 Å². The predicted octanol–water partition coefficient (Wildman–Crippen LogP) is 2.49. The quantitative estimate of drug-likeness (QED) is 0.487. The number of methoxy groups -OCH3 is 1. The molecule has 0 N–H and O–H groups in total. The number of hydrogen-bond donors (Lipinski definition) is 0. The fourth-order valence-electron chi connectivity index (χ4n) is 3.01. The average molecular weight is 389 g/mol. The number of Topliss-reactive ketones (excluding diaryl/α,β-unsaturated/α-hetero) is 1. The Balaban J connectivity index is 1.67. The number of aryl methyl sites for hydroxylation is 2. The van der Waals surface area contributed by atoms with E-state index >= 15 is 0 Å². The van der Waals surface area contributed by atoms with Crippen molar-refractivity contribution in [2.75, 3.05) is 7.11 Å². The van der Waals surface area contributed by atoms with E-state index in [9.17, 15) is 9.59 Å². The van der Waals surface area contributed by atoms with Crippen LogP contribution in [0.4, 0.5) is 0 Å². The van der Waals surface area contributed by atoms with Gasteiger partial charge in [-0.05, 0) is 61.4 Å². The zero-order valence-corrected chi connectivity index (χ0v) is 16.3. The van der Waals surface area contributed by atoms with Crippen LogP contribution in [0.1, 0.15) is 21.5 Å². The molecule has 8 heteroatoms. The topological polar surface area (TPSA) is 91.9 Å². The van der Waals surface area contributed by atoms with Crippen LogP contribution in [0.2, 0.25) is 0 Å². The largest absolute Gasteiger partial charge is 0.497 e. The van der Waals surface area contributed by atoms with Gasteiger partial charge in [0.15, 0.2) is 16.9 Å². The van der Waals surface area contributed by atoms with Gasteiger partial charge < -0.3 is 4.74 Å². The summed E-state index contributed by atoms with van der Waals surface area (Å²) >= 11 is 0. The molecule has 0 bridgehead atoms. The second-order valence-corrected chi connectivity index (χ2v) is 6.77. The Morgan fingerprint density at radius 2 is 1.83 bits per heavy atom. The molecule has 2 heterocycles. The van der Waals surface area contributed by atoms with Gasteiger partial charge in [-0.15, -0.1) is 5.10 Å². The fourth-order valence-corrected chi connectivity index (χ4v) is 3.01. The number of carbonyl (C=O) groups is 1. The molecule has 0 amide bonds. The number of ketones is 1. The SMILES string of the molecule is COc1ccc(C(=O)Cn2cnc3c(nnn3-c3ccc(C)c(C)c3)c2=O)cc1. The number of hydrogen-bond acceptors (Lipinski definition) is 6. The number of aromatic nitrogens is 5. The molecule has 146 valence electrons. The Bertz CT molecular complexity index is 1270. The molecule has 2 aromatic carbocycles. The lowest BCUT2D eigenvalue weighted by atomic mass is 10.1. The molecule has 0 radical (unpaired) electrons. The molecule has 4 rings (SSSR count). The maximum absolute atomic E-state index is 12.8. The number of ether oxygens (including phenoxy) is 1. The lowest BCUT2D eigenvalue weighted by Gasteiger charge is -2.07. The van der Waals surface area contributed by atoms with Crippen LogP contribution in [0.5, 0.6) is 5.75 Å². The van der Waals surface area contributed by atoms with Gasteiger partial charge >= 0.3 is 0 Å². The monoisotopic (exact) mass is 389 g/mol. The highest BCUT2D eigenvalue weighted by Crippen LogP contribution is 2.16. The lowest BCUT2D eigenvalue weighted by molar-refractivity contribution is 0.0970. The van der Waals surface area contributed by atoms with E-state index in [1.54, 1.807) is 31.4 Å². The van der Waals surface area contributed by atoms with Crippen molar-refractivity contribution in [3.8, 4) is 11.4 Å². The van der Waals surface area contributed by atoms with Crippen LogP contribution in [0.15, 0.2) is 53.6 Å². The molecule has 0 fully saturated rings. The smallest absolute Gasteiger partial charge is 0.283 e. The molecule has 2 aromatic heterocycles. The summed E-state index contributed by atoms with van der Waals surface area (Å²) in [5.41, 5.74) is 3.58. The summed E-state index contributed by atoms with van der Waals surface area (Å²) in [7, 11) is 1.56. The summed E-state index contributed by atoms with van der Waals surface area (Å²) in [5, 5.41) is 8.09. The zero-order valence-electron chi connectivity index (χ0n) is 16.3. The summed E-state index contributed by atoms with van der Waals surface area (Å²) in [6.45, 7) is 3.89. The van der Waals surface area contributed by atoms with E-state index in [4.69, 9.17) is 4.74 Å². The molecule has 29 heavy (non-hydrogen) atoms. The second kappa shape index (κ2) is 7.31. The van der Waals surface area contributed by atoms with Crippen molar-refractivity contribution >= 4 is 16.9 Å². The van der Waals surface area contributed by atoms with Crippen LogP contribution in [-0.4, -0.2) is 37.4 Å². The van der Waals surface area contributed by atoms with Gasteiger partial charge in [0, 0.05) is 5.56 Å². The molecule has 8 nitrogen and oxygen atoms in total. The number of nitrogens with zero attached hydrogens (tertiary/aromatic N) is 5. The minimum atomic E-state index is -0.410. The van der Waals surface area contributed by atoms with Gasteiger partial charge in [0.1, 0.15) is 12.1 Å². The van der Waals surface area contributed by atoms with Crippen molar-refractivity contribution in [1.82, 2.24) is 24.5 Å². The van der Waals surface area contributed by atoms with Crippen molar-refractivity contribution in [1.29, 1.82) is 0 Å². The van der Waals surface area contributed by atoms with E-state index in [0.717, 1.165) is 16.8 Å². The Kier molecular flexibility index (Phi) is 4.67. The average Bonchev–Trinajstić information content (AvgIpc) is 3.17. The van der Waals surface area contributed by atoms with E-state index < -0.39 is 5.56 Å². The highest BCUT2D eigenvalue weighted by atomic mass is 16.5. The summed E-state index contributed by atoms with van der Waals surface area (Å²) in [5.74, 6) is 0.446. The first-order chi connectivity index (χ1) is 14.0. The standard InChI is InChI=1S/C21H19N5O3/c1-13-4-7-16(10-14(13)2)26-20-19(23-24-26)21(28)25(12-22-20)11-18(27)15-5-8-17(29-3)9-6-15/h4-10,12H,11H2,1-3H3. The Labute approximate surface area is 166 Å². The van der Waals surface area contributed by atoms with Crippen molar-refractivity contribution < 1.29 is 9.53 Å². The highest BCUT2D eigenvalue weighted by Gasteiger charge is 2.16. The molecule has 0 aliphatic carbocycles. The van der Waals surface area contributed by atoms with Gasteiger partial charge in [0.25, 0.3) is 5.56 Å². The van der Waals surface area contributed by atoms with E-state index in [1.165, 1.54) is 15.6 Å². The first-order valence-corrected chi connectivity index (χ1v) is 9.03. The highest BCUT2D eigenvalue weighted by molar-refractivity contribution is 5.96. The van der Waals surface area contributed by atoms with Crippen molar-refractivity contribution in [3.63, 3.8) is 0 Å². The van der Waals surface area contributed by atoms with E-state index in [-0.39, 0.29) is 17.8 Å². The Hall–Kier alpha value is -3.81. The minimum absolute atomic E-state index is 0.119. The molecular formula is C21H19N5O3. The van der Waals surface area contributed by atoms with E-state index in [0.29, 0.717) is 17.0 Å². The third-order valence-corrected chi connectivity index (χ3v) is 4.89. The Morgan fingerprint density at radius 3 is 2.52 bits per heavy atom. The zero-order chi connectivity index (χ0) is 20.5. The Morgan fingerprint density at radius 1 is 1.07 bits per heavy atom. The van der Waals surface area contributed by atoms with Crippen LogP contribution < -0.4 is 10.3 Å². The molecule has 0 spiro atoms. The van der Waals surface area contributed by atoms with Crippen molar-refractivity contribution in [3.05, 3.63) is 75.8 Å². The van der Waals surface area contributed by atoms with Crippen molar-refractivity contribution in [2.24, 2.45) is 0 Å². The molecule has 0 saturated carbocycles. The molecule has 0 atom stereocenters. The summed E-state index contributed by atoms with van der Waals surface area (Å²) in [4.78, 5) is 29.7. The predicted molar refractivity (Wildman–Crippen MR) is 108 cm³/mol. The lowest BCUT2D eigenvalue weighted by Crippen LogP contribution is -2.25. The summed E-state index contributed by atoms with van der Waals surface area (Å²) in [6, 6.07) is 12.6. The fraction of sp³-hybridized carbons (Fsp3) is 0.190. The van der Waals surface area contributed by atoms with Gasteiger partial charge in [0.05, 0.1) is 19.3 Å². The number of benzene rings is 2. The molecule has 0 unspecified atom stereocenters. The maximum Gasteiger partial charge on any atom is 0.283 e. The van der Waals surface area contributed by atoms with Gasteiger partial charge in [-0.3, -0.25) is 14.2 Å². The minimum Gasteiger partial charge on any atom is -0.497 e. The van der Waals surface area contributed by atoms with Crippen LogP contribution in [-0.2, 0) is 6.54 Å². The van der Waals surface area contributed by atoms with Crippen LogP contribution in [0.25, 0.3) is 16.9 Å². The van der Waals surface area contributed by atoms with E-state index in [2.05, 4.69) is 15.3 Å². The molecule has 4 aromatic rings. The van der Waals surface area contributed by atoms with Crippen LogP contribution >= 0.6 is 0 Å². The van der Waals surface area contributed by atoms with Crippen LogP contribution in [0.3, 0.4) is 0 Å². The number of carbonyl (C=O) groups excluding carboxylic acids is 1. The van der Waals surface area contributed by atoms with E-state index in [1.807, 2.05) is 32.0 Å². The third-order valence-electron chi connectivity index (χ3n) is 4.89. The second-order valence-electron chi connectivity index (χ2n) is 6.77. The molecule has 0 aliphatic rings. The first kappa shape index (κ1) is 18.5. The van der Waals surface area contributed by atoms with Gasteiger partial charge in [-0.25, -0.2) is 4.98 Å². The summed E-state index contributed by atoms with van der Waals surface area (Å²) < 4.78 is 7.86. The van der Waals surface area contributed by atoms with Crippen LogP contribution in [0, 0.1) is 13.8 Å². The number of rotatable bonds is 5.